The maximum absolute atomic E-state index is 9.73. The van der Waals surface area contributed by atoms with Crippen molar-refractivity contribution in [1.29, 1.82) is 0 Å². The Kier molecular flexibility index (Phi) is 4.15. The predicted octanol–water partition coefficient (Wildman–Crippen LogP) is 1.45. The van der Waals surface area contributed by atoms with Crippen LogP contribution in [-0.2, 0) is 16.7 Å². The molecule has 0 spiro atoms. The highest BCUT2D eigenvalue weighted by Gasteiger charge is 2.37. The maximum atomic E-state index is 9.73. The molecule has 17 heavy (non-hydrogen) atoms. The van der Waals surface area contributed by atoms with Crippen molar-refractivity contribution < 1.29 is 9.84 Å². The molecule has 3 heteroatoms. The van der Waals surface area contributed by atoms with Gasteiger partial charge in [-0.3, -0.25) is 0 Å². The quantitative estimate of drug-likeness (QED) is 0.733. The van der Waals surface area contributed by atoms with Gasteiger partial charge in [-0.2, -0.15) is 0 Å². The number of ether oxygens (including phenoxy) is 1. The van der Waals surface area contributed by atoms with Gasteiger partial charge in [-0.1, -0.05) is 24.3 Å². The van der Waals surface area contributed by atoms with Gasteiger partial charge < -0.3 is 15.2 Å². The van der Waals surface area contributed by atoms with Crippen LogP contribution in [0.4, 0.5) is 0 Å². The summed E-state index contributed by atoms with van der Waals surface area (Å²) in [5.41, 5.74) is 2.39. The van der Waals surface area contributed by atoms with E-state index in [2.05, 4.69) is 23.5 Å². The number of aliphatic hydroxyl groups excluding tert-OH is 1. The first-order chi connectivity index (χ1) is 8.32. The van der Waals surface area contributed by atoms with Crippen LogP contribution in [0.25, 0.3) is 0 Å². The fourth-order valence-electron chi connectivity index (χ4n) is 2.64. The Balaban J connectivity index is 2.06. The molecule has 0 saturated carbocycles. The van der Waals surface area contributed by atoms with Crippen molar-refractivity contribution in [3.63, 3.8) is 0 Å². The Morgan fingerprint density at radius 3 is 3.00 bits per heavy atom. The lowest BCUT2D eigenvalue weighted by Crippen LogP contribution is -2.44. The highest BCUT2D eigenvalue weighted by atomic mass is 16.5. The van der Waals surface area contributed by atoms with Gasteiger partial charge in [0.25, 0.3) is 0 Å². The summed E-state index contributed by atoms with van der Waals surface area (Å²) in [6.07, 6.45) is 3.00. The number of fused-ring (bicyclic) bond motifs is 1. The van der Waals surface area contributed by atoms with E-state index >= 15 is 0 Å². The highest BCUT2D eigenvalue weighted by Crippen LogP contribution is 2.36. The molecule has 1 aromatic rings. The van der Waals surface area contributed by atoms with Gasteiger partial charge in [-0.05, 0) is 36.9 Å². The van der Waals surface area contributed by atoms with Gasteiger partial charge in [0.2, 0.25) is 0 Å². The van der Waals surface area contributed by atoms with Crippen LogP contribution in [0.15, 0.2) is 24.3 Å². The zero-order valence-corrected chi connectivity index (χ0v) is 10.4. The van der Waals surface area contributed by atoms with Crippen LogP contribution < -0.4 is 5.32 Å². The molecule has 1 aromatic carbocycles. The van der Waals surface area contributed by atoms with Gasteiger partial charge in [0.15, 0.2) is 0 Å². The molecule has 0 aliphatic heterocycles. The number of aryl methyl sites for hydroxylation is 1. The minimum absolute atomic E-state index is 0.164. The van der Waals surface area contributed by atoms with E-state index in [1.807, 2.05) is 6.07 Å². The topological polar surface area (TPSA) is 41.5 Å². The third-order valence-electron chi connectivity index (χ3n) is 3.61. The first-order valence-corrected chi connectivity index (χ1v) is 6.25. The molecular weight excluding hydrogens is 214 g/mol. The molecular formula is C14H21NO2. The Labute approximate surface area is 103 Å². The summed E-state index contributed by atoms with van der Waals surface area (Å²) in [5.74, 6) is 0. The first kappa shape index (κ1) is 12.6. The van der Waals surface area contributed by atoms with Crippen LogP contribution in [0.1, 0.15) is 24.0 Å². The zero-order valence-electron chi connectivity index (χ0n) is 10.4. The van der Waals surface area contributed by atoms with Gasteiger partial charge in [0.05, 0.1) is 12.1 Å². The maximum Gasteiger partial charge on any atom is 0.0674 e. The SMILES string of the molecule is COCCCNC1(CO)CCc2ccccc21. The van der Waals surface area contributed by atoms with E-state index in [-0.39, 0.29) is 12.1 Å². The number of hydrogen-bond donors (Lipinski definition) is 2. The molecule has 0 bridgehead atoms. The lowest BCUT2D eigenvalue weighted by atomic mass is 9.92. The number of methoxy groups -OCH3 is 1. The molecule has 1 atom stereocenters. The number of benzene rings is 1. The molecule has 2 rings (SSSR count). The monoisotopic (exact) mass is 235 g/mol. The first-order valence-electron chi connectivity index (χ1n) is 6.25. The smallest absolute Gasteiger partial charge is 0.0674 e. The van der Waals surface area contributed by atoms with Gasteiger partial charge >= 0.3 is 0 Å². The molecule has 0 amide bonds. The summed E-state index contributed by atoms with van der Waals surface area (Å²) in [7, 11) is 1.71. The predicted molar refractivity (Wildman–Crippen MR) is 68.0 cm³/mol. The van der Waals surface area contributed by atoms with Crippen molar-refractivity contribution in [1.82, 2.24) is 5.32 Å². The van der Waals surface area contributed by atoms with Crippen LogP contribution in [0.2, 0.25) is 0 Å². The molecule has 0 saturated heterocycles. The summed E-state index contributed by atoms with van der Waals surface area (Å²) < 4.78 is 5.04. The lowest BCUT2D eigenvalue weighted by molar-refractivity contribution is 0.150. The van der Waals surface area contributed by atoms with Crippen molar-refractivity contribution >= 4 is 0 Å². The van der Waals surface area contributed by atoms with E-state index in [1.54, 1.807) is 7.11 Å². The number of rotatable bonds is 6. The van der Waals surface area contributed by atoms with Crippen LogP contribution in [0.5, 0.6) is 0 Å². The summed E-state index contributed by atoms with van der Waals surface area (Å²) in [4.78, 5) is 0. The third kappa shape index (κ3) is 2.51. The third-order valence-corrected chi connectivity index (χ3v) is 3.61. The number of aliphatic hydroxyl groups is 1. The average Bonchev–Trinajstić information content (AvgIpc) is 2.75. The largest absolute Gasteiger partial charge is 0.394 e. The second-order valence-corrected chi connectivity index (χ2v) is 4.67. The number of nitrogens with one attached hydrogen (secondary N) is 1. The van der Waals surface area contributed by atoms with E-state index in [0.29, 0.717) is 0 Å². The van der Waals surface area contributed by atoms with Gasteiger partial charge in [0, 0.05) is 13.7 Å². The van der Waals surface area contributed by atoms with E-state index in [1.165, 1.54) is 11.1 Å². The van der Waals surface area contributed by atoms with Crippen LogP contribution in [-0.4, -0.2) is 32.0 Å². The highest BCUT2D eigenvalue weighted by molar-refractivity contribution is 5.38. The van der Waals surface area contributed by atoms with E-state index in [9.17, 15) is 5.11 Å². The average molecular weight is 235 g/mol. The lowest BCUT2D eigenvalue weighted by Gasteiger charge is -2.29. The minimum atomic E-state index is -0.232. The Bertz CT molecular complexity index is 367. The molecule has 0 fully saturated rings. The van der Waals surface area contributed by atoms with Gasteiger partial charge in [-0.15, -0.1) is 0 Å². The fraction of sp³-hybridized carbons (Fsp3) is 0.571. The molecule has 1 aliphatic carbocycles. The van der Waals surface area contributed by atoms with Crippen molar-refractivity contribution in [2.75, 3.05) is 26.9 Å². The summed E-state index contributed by atoms with van der Waals surface area (Å²) >= 11 is 0. The summed E-state index contributed by atoms with van der Waals surface area (Å²) in [6.45, 7) is 1.80. The minimum Gasteiger partial charge on any atom is -0.394 e. The molecule has 94 valence electrons. The standard InChI is InChI=1S/C14H21NO2/c1-17-10-4-9-15-14(11-16)8-7-12-5-2-3-6-13(12)14/h2-3,5-6,15-16H,4,7-11H2,1H3. The summed E-state index contributed by atoms with van der Waals surface area (Å²) in [5, 5.41) is 13.2. The van der Waals surface area contributed by atoms with Gasteiger partial charge in [-0.25, -0.2) is 0 Å². The Hall–Kier alpha value is -0.900. The molecule has 1 unspecified atom stereocenters. The van der Waals surface area contributed by atoms with E-state index in [4.69, 9.17) is 4.74 Å². The van der Waals surface area contributed by atoms with Crippen molar-refractivity contribution in [3.05, 3.63) is 35.4 Å². The van der Waals surface area contributed by atoms with Gasteiger partial charge in [0.1, 0.15) is 0 Å². The molecule has 2 N–H and O–H groups in total. The Morgan fingerprint density at radius 2 is 2.24 bits per heavy atom. The molecule has 0 radical (unpaired) electrons. The molecule has 0 heterocycles. The second-order valence-electron chi connectivity index (χ2n) is 4.67. The van der Waals surface area contributed by atoms with Crippen molar-refractivity contribution in [2.45, 2.75) is 24.8 Å². The van der Waals surface area contributed by atoms with Crippen molar-refractivity contribution in [3.8, 4) is 0 Å². The normalized spacial score (nSPS) is 22.7. The van der Waals surface area contributed by atoms with Crippen LogP contribution in [0, 0.1) is 0 Å². The van der Waals surface area contributed by atoms with E-state index in [0.717, 1.165) is 32.4 Å². The molecule has 0 aromatic heterocycles. The molecule has 1 aliphatic rings. The van der Waals surface area contributed by atoms with Crippen LogP contribution >= 0.6 is 0 Å². The second kappa shape index (κ2) is 5.63. The van der Waals surface area contributed by atoms with E-state index < -0.39 is 0 Å². The fourth-order valence-corrected chi connectivity index (χ4v) is 2.64. The van der Waals surface area contributed by atoms with Crippen LogP contribution in [0.3, 0.4) is 0 Å². The Morgan fingerprint density at radius 1 is 1.41 bits per heavy atom. The molecule has 3 nitrogen and oxygen atoms in total. The van der Waals surface area contributed by atoms with Crippen molar-refractivity contribution in [2.24, 2.45) is 0 Å². The number of hydrogen-bond acceptors (Lipinski definition) is 3. The zero-order chi connectivity index (χ0) is 12.1. The summed E-state index contributed by atoms with van der Waals surface area (Å²) in [6, 6.07) is 8.40.